The minimum Gasteiger partial charge on any atom is -0.375 e. The molecule has 1 unspecified atom stereocenters. The monoisotopic (exact) mass is 385 g/mol. The topological polar surface area (TPSA) is 42.9 Å². The number of anilines is 1. The molecule has 1 aliphatic rings. The molecule has 1 fully saturated rings. The zero-order valence-corrected chi connectivity index (χ0v) is 16.1. The number of benzene rings is 1. The highest BCUT2D eigenvalue weighted by atomic mass is 19.4. The molecule has 5 nitrogen and oxygen atoms in total. The summed E-state index contributed by atoms with van der Waals surface area (Å²) in [5, 5.41) is 6.45. The Balaban J connectivity index is 1.75. The van der Waals surface area contributed by atoms with E-state index in [0.717, 1.165) is 19.5 Å². The summed E-state index contributed by atoms with van der Waals surface area (Å²) < 4.78 is 37.5. The smallest absolute Gasteiger partial charge is 0.375 e. The van der Waals surface area contributed by atoms with Crippen LogP contribution in [0.4, 0.5) is 18.9 Å². The Morgan fingerprint density at radius 2 is 2.04 bits per heavy atom. The van der Waals surface area contributed by atoms with Crippen LogP contribution in [0.2, 0.25) is 0 Å². The number of rotatable bonds is 8. The van der Waals surface area contributed by atoms with Crippen molar-refractivity contribution in [2.75, 3.05) is 51.2 Å². The minimum atomic E-state index is -4.14. The fourth-order valence-corrected chi connectivity index (χ4v) is 3.17. The maximum atomic E-state index is 12.5. The van der Waals surface area contributed by atoms with Gasteiger partial charge in [-0.3, -0.25) is 9.89 Å². The predicted molar refractivity (Wildman–Crippen MR) is 104 cm³/mol. The van der Waals surface area contributed by atoms with E-state index in [9.17, 15) is 13.2 Å². The number of hydrogen-bond donors (Lipinski definition) is 2. The van der Waals surface area contributed by atoms with Crippen molar-refractivity contribution in [2.24, 2.45) is 4.99 Å². The van der Waals surface area contributed by atoms with Gasteiger partial charge in [-0.25, -0.2) is 0 Å². The third kappa shape index (κ3) is 8.07. The molecule has 2 N–H and O–H groups in total. The highest BCUT2D eigenvalue weighted by molar-refractivity contribution is 5.80. The molecule has 0 radical (unpaired) electrons. The van der Waals surface area contributed by atoms with E-state index in [4.69, 9.17) is 0 Å². The van der Waals surface area contributed by atoms with Crippen molar-refractivity contribution < 1.29 is 13.2 Å². The molecule has 1 heterocycles. The summed E-state index contributed by atoms with van der Waals surface area (Å²) in [6.45, 7) is 4.24. The molecule has 0 aromatic heterocycles. The summed E-state index contributed by atoms with van der Waals surface area (Å²) in [7, 11) is 2.05. The van der Waals surface area contributed by atoms with Crippen molar-refractivity contribution in [3.8, 4) is 0 Å². The maximum Gasteiger partial charge on any atom is 0.401 e. The van der Waals surface area contributed by atoms with Crippen LogP contribution < -0.4 is 15.5 Å². The third-order valence-corrected chi connectivity index (χ3v) is 4.48. The number of aliphatic imine (C=N–C) groups is 1. The van der Waals surface area contributed by atoms with Gasteiger partial charge in [0.15, 0.2) is 5.96 Å². The second kappa shape index (κ2) is 10.4. The van der Waals surface area contributed by atoms with Gasteiger partial charge in [-0.2, -0.15) is 13.2 Å². The second-order valence-corrected chi connectivity index (χ2v) is 6.85. The molecule has 0 saturated carbocycles. The van der Waals surface area contributed by atoms with Gasteiger partial charge in [0.25, 0.3) is 0 Å². The van der Waals surface area contributed by atoms with Crippen molar-refractivity contribution >= 4 is 11.6 Å². The summed E-state index contributed by atoms with van der Waals surface area (Å²) in [5.41, 5.74) is 1.17. The van der Waals surface area contributed by atoms with Gasteiger partial charge in [0.2, 0.25) is 0 Å². The largest absolute Gasteiger partial charge is 0.401 e. The summed E-state index contributed by atoms with van der Waals surface area (Å²) in [6, 6.07) is 10.2. The van der Waals surface area contributed by atoms with Crippen molar-refractivity contribution in [3.63, 3.8) is 0 Å². The van der Waals surface area contributed by atoms with Gasteiger partial charge >= 0.3 is 6.18 Å². The zero-order valence-electron chi connectivity index (χ0n) is 16.1. The number of hydrogen-bond acceptors (Lipinski definition) is 3. The lowest BCUT2D eigenvalue weighted by Crippen LogP contribution is -2.45. The number of guanidine groups is 1. The van der Waals surface area contributed by atoms with Crippen molar-refractivity contribution in [1.82, 2.24) is 15.5 Å². The van der Waals surface area contributed by atoms with E-state index in [1.165, 1.54) is 10.6 Å². The lowest BCUT2D eigenvalue weighted by Gasteiger charge is -2.20. The normalized spacial score (nSPS) is 18.6. The molecular weight excluding hydrogens is 355 g/mol. The first-order valence-corrected chi connectivity index (χ1v) is 9.47. The van der Waals surface area contributed by atoms with Crippen LogP contribution in [0, 0.1) is 0 Å². The Bertz CT molecular complexity index is 576. The zero-order chi connectivity index (χ0) is 19.7. The first-order chi connectivity index (χ1) is 12.9. The standard InChI is InChI=1S/C19H30F3N5/c1-3-23-18(25-16-10-13-27(14-16)15-19(20,21)22)24-11-7-12-26(2)17-8-5-4-6-9-17/h4-6,8-9,16H,3,7,10-15H2,1-2H3,(H2,23,24,25). The number of nitrogens with one attached hydrogen (secondary N) is 2. The van der Waals surface area contributed by atoms with E-state index in [-0.39, 0.29) is 6.04 Å². The Morgan fingerprint density at radius 1 is 1.30 bits per heavy atom. The Labute approximate surface area is 159 Å². The lowest BCUT2D eigenvalue weighted by molar-refractivity contribution is -0.143. The van der Waals surface area contributed by atoms with Crippen molar-refractivity contribution in [1.29, 1.82) is 0 Å². The molecule has 0 aliphatic carbocycles. The molecule has 2 rings (SSSR count). The average Bonchev–Trinajstić information content (AvgIpc) is 3.04. The number of likely N-dealkylation sites (tertiary alicyclic amines) is 1. The molecule has 1 aromatic carbocycles. The van der Waals surface area contributed by atoms with E-state index in [0.29, 0.717) is 32.0 Å². The summed E-state index contributed by atoms with van der Waals surface area (Å²) in [5.74, 6) is 0.679. The van der Waals surface area contributed by atoms with Crippen LogP contribution in [0.1, 0.15) is 19.8 Å². The van der Waals surface area contributed by atoms with Gasteiger partial charge in [-0.1, -0.05) is 18.2 Å². The quantitative estimate of drug-likeness (QED) is 0.410. The van der Waals surface area contributed by atoms with E-state index in [2.05, 4.69) is 39.7 Å². The van der Waals surface area contributed by atoms with Crippen LogP contribution >= 0.6 is 0 Å². The molecule has 152 valence electrons. The minimum absolute atomic E-state index is 0.00265. The fraction of sp³-hybridized carbons (Fsp3) is 0.632. The van der Waals surface area contributed by atoms with Crippen LogP contribution in [0.15, 0.2) is 35.3 Å². The number of para-hydroxylation sites is 1. The molecular formula is C19H30F3N5. The SMILES string of the molecule is CCNC(=NCCCN(C)c1ccccc1)NC1CCN(CC(F)(F)F)C1. The predicted octanol–water partition coefficient (Wildman–Crippen LogP) is 2.70. The van der Waals surface area contributed by atoms with Crippen LogP contribution in [0.25, 0.3) is 0 Å². The summed E-state index contributed by atoms with van der Waals surface area (Å²) in [6.07, 6.45) is -2.55. The number of halogens is 3. The van der Waals surface area contributed by atoms with Crippen LogP contribution in [-0.2, 0) is 0 Å². The maximum absolute atomic E-state index is 12.5. The first-order valence-electron chi connectivity index (χ1n) is 9.47. The third-order valence-electron chi connectivity index (χ3n) is 4.48. The van der Waals surface area contributed by atoms with Gasteiger partial charge in [-0.15, -0.1) is 0 Å². The van der Waals surface area contributed by atoms with Gasteiger partial charge in [0, 0.05) is 51.5 Å². The van der Waals surface area contributed by atoms with Crippen molar-refractivity contribution in [2.45, 2.75) is 32.0 Å². The van der Waals surface area contributed by atoms with Gasteiger partial charge < -0.3 is 15.5 Å². The van der Waals surface area contributed by atoms with E-state index in [1.807, 2.05) is 25.1 Å². The summed E-state index contributed by atoms with van der Waals surface area (Å²) >= 11 is 0. The van der Waals surface area contributed by atoms with E-state index < -0.39 is 12.7 Å². The molecule has 0 spiro atoms. The molecule has 1 atom stereocenters. The second-order valence-electron chi connectivity index (χ2n) is 6.85. The average molecular weight is 385 g/mol. The molecule has 1 aromatic rings. The van der Waals surface area contributed by atoms with E-state index >= 15 is 0 Å². The van der Waals surface area contributed by atoms with Gasteiger partial charge in [0.1, 0.15) is 0 Å². The molecule has 1 saturated heterocycles. The highest BCUT2D eigenvalue weighted by Gasteiger charge is 2.34. The number of nitrogens with zero attached hydrogens (tertiary/aromatic N) is 3. The van der Waals surface area contributed by atoms with Crippen LogP contribution in [0.5, 0.6) is 0 Å². The number of alkyl halides is 3. The Morgan fingerprint density at radius 3 is 2.70 bits per heavy atom. The Hall–Kier alpha value is -1.96. The molecule has 27 heavy (non-hydrogen) atoms. The molecule has 0 amide bonds. The Kier molecular flexibility index (Phi) is 8.22. The van der Waals surface area contributed by atoms with Gasteiger partial charge in [-0.05, 0) is 31.9 Å². The van der Waals surface area contributed by atoms with Crippen LogP contribution in [0.3, 0.4) is 0 Å². The van der Waals surface area contributed by atoms with Crippen molar-refractivity contribution in [3.05, 3.63) is 30.3 Å². The highest BCUT2D eigenvalue weighted by Crippen LogP contribution is 2.19. The van der Waals surface area contributed by atoms with Gasteiger partial charge in [0.05, 0.1) is 6.54 Å². The molecule has 0 bridgehead atoms. The lowest BCUT2D eigenvalue weighted by atomic mass is 10.3. The fourth-order valence-electron chi connectivity index (χ4n) is 3.17. The van der Waals surface area contributed by atoms with E-state index in [1.54, 1.807) is 0 Å². The summed E-state index contributed by atoms with van der Waals surface area (Å²) in [4.78, 5) is 8.19. The van der Waals surface area contributed by atoms with Crippen LogP contribution in [-0.4, -0.2) is 69.4 Å². The molecule has 8 heteroatoms. The molecule has 1 aliphatic heterocycles. The first kappa shape index (κ1) is 21.3.